The molecule has 0 saturated carbocycles. The molecule has 0 aromatic heterocycles. The number of hydrogen-bond donors (Lipinski definition) is 0. The average molecular weight is 817 g/mol. The Bertz CT molecular complexity index is 1550. The maximum atomic E-state index is 12.6. The molecule has 324 valence electrons. The minimum Gasteiger partial charge on any atom is -0.426 e. The number of rotatable bonds is 0. The number of hydrogen-bond acceptors (Lipinski definition) is 6. The monoisotopic (exact) mass is 817 g/mol. The second-order valence-electron chi connectivity index (χ2n) is 16.3. The molecule has 1 aliphatic heterocycles. The third kappa shape index (κ3) is 21.5. The second kappa shape index (κ2) is 31.2. The first kappa shape index (κ1) is 48.0. The lowest BCUT2D eigenvalue weighted by atomic mass is 10.1. The zero-order valence-electron chi connectivity index (χ0n) is 36.4. The van der Waals surface area contributed by atoms with Crippen molar-refractivity contribution in [2.45, 2.75) is 173 Å². The van der Waals surface area contributed by atoms with E-state index >= 15 is 0 Å². The normalized spacial score (nSPS) is 20.1. The fourth-order valence-corrected chi connectivity index (χ4v) is 7.54. The summed E-state index contributed by atoms with van der Waals surface area (Å²) in [7, 11) is 0. The molecule has 6 heteroatoms. The van der Waals surface area contributed by atoms with Crippen LogP contribution in [0.3, 0.4) is 0 Å². The lowest BCUT2D eigenvalue weighted by Gasteiger charge is -2.09. The predicted octanol–water partition coefficient (Wildman–Crippen LogP) is 14.5. The zero-order valence-corrected chi connectivity index (χ0v) is 36.4. The third-order valence-electron chi connectivity index (χ3n) is 11.1. The number of para-hydroxylation sites is 3. The molecule has 0 spiro atoms. The van der Waals surface area contributed by atoms with Gasteiger partial charge in [-0.2, -0.15) is 0 Å². The number of allylic oxidation sites excluding steroid dienone is 6. The molecule has 3 aromatic carbocycles. The summed E-state index contributed by atoms with van der Waals surface area (Å²) in [4.78, 5) is 37.9. The van der Waals surface area contributed by atoms with E-state index in [9.17, 15) is 14.4 Å². The van der Waals surface area contributed by atoms with E-state index in [1.165, 1.54) is 38.5 Å². The van der Waals surface area contributed by atoms with Gasteiger partial charge in [-0.1, -0.05) is 168 Å². The van der Waals surface area contributed by atoms with Gasteiger partial charge in [-0.05, 0) is 112 Å². The minimum absolute atomic E-state index is 0.153. The third-order valence-corrected chi connectivity index (χ3v) is 11.1. The maximum absolute atomic E-state index is 12.6. The van der Waals surface area contributed by atoms with E-state index in [1.54, 1.807) is 0 Å². The van der Waals surface area contributed by atoms with E-state index in [0.717, 1.165) is 132 Å². The summed E-state index contributed by atoms with van der Waals surface area (Å²) in [5, 5.41) is 0. The number of carbonyl (C=O) groups is 3. The molecule has 60 heavy (non-hydrogen) atoms. The molecular weight excluding hydrogens is 745 g/mol. The molecular formula is C54H72O6. The first-order valence-electron chi connectivity index (χ1n) is 23.4. The van der Waals surface area contributed by atoms with E-state index in [4.69, 9.17) is 14.2 Å². The highest BCUT2D eigenvalue weighted by molar-refractivity contribution is 5.73. The largest absolute Gasteiger partial charge is 0.426 e. The van der Waals surface area contributed by atoms with Gasteiger partial charge in [0, 0.05) is 19.3 Å². The summed E-state index contributed by atoms with van der Waals surface area (Å²) in [5.74, 6) is 1.55. The lowest BCUT2D eigenvalue weighted by Crippen LogP contribution is -2.09. The molecule has 1 aliphatic rings. The molecule has 0 bridgehead atoms. The van der Waals surface area contributed by atoms with Crippen molar-refractivity contribution in [3.05, 3.63) is 126 Å². The van der Waals surface area contributed by atoms with Gasteiger partial charge in [0.25, 0.3) is 0 Å². The van der Waals surface area contributed by atoms with Crippen molar-refractivity contribution in [3.8, 4) is 17.2 Å². The van der Waals surface area contributed by atoms with Gasteiger partial charge in [0.15, 0.2) is 0 Å². The van der Waals surface area contributed by atoms with E-state index in [-0.39, 0.29) is 17.9 Å². The number of benzene rings is 3. The summed E-state index contributed by atoms with van der Waals surface area (Å²) in [5.41, 5.74) is 3.11. The molecule has 0 atom stereocenters. The van der Waals surface area contributed by atoms with Gasteiger partial charge in [0.2, 0.25) is 0 Å². The Morgan fingerprint density at radius 2 is 0.533 bits per heavy atom. The van der Waals surface area contributed by atoms with Crippen LogP contribution in [0.25, 0.3) is 0 Å². The number of fused-ring (bicyclic) bond motifs is 3. The van der Waals surface area contributed by atoms with Gasteiger partial charge in [-0.3, -0.25) is 14.4 Å². The number of esters is 3. The summed E-state index contributed by atoms with van der Waals surface area (Å²) >= 11 is 0. The summed E-state index contributed by atoms with van der Waals surface area (Å²) in [6, 6.07) is 23.6. The van der Waals surface area contributed by atoms with Gasteiger partial charge < -0.3 is 14.2 Å². The van der Waals surface area contributed by atoms with Gasteiger partial charge in [0.1, 0.15) is 17.2 Å². The Morgan fingerprint density at radius 3 is 0.833 bits per heavy atom. The molecule has 0 fully saturated rings. The van der Waals surface area contributed by atoms with Crippen LogP contribution in [0.15, 0.2) is 109 Å². The van der Waals surface area contributed by atoms with E-state index < -0.39 is 0 Å². The van der Waals surface area contributed by atoms with Crippen LogP contribution in [0, 0.1) is 0 Å². The van der Waals surface area contributed by atoms with Crippen LogP contribution >= 0.6 is 0 Å². The van der Waals surface area contributed by atoms with E-state index in [0.29, 0.717) is 36.5 Å². The maximum Gasteiger partial charge on any atom is 0.311 e. The van der Waals surface area contributed by atoms with Crippen LogP contribution in [-0.4, -0.2) is 17.9 Å². The van der Waals surface area contributed by atoms with Crippen molar-refractivity contribution in [2.24, 2.45) is 0 Å². The molecule has 0 amide bonds. The SMILES string of the molecule is O=C1CCCCCCCC/C=C/Cc2ccccc2OC(=O)CCCCCCCC/C=C/Cc2ccccc2OC(=O)CCCCCCCC/C=C\Cc2ccccc2O1. The predicted molar refractivity (Wildman–Crippen MR) is 246 cm³/mol. The van der Waals surface area contributed by atoms with Crippen LogP contribution in [-0.2, 0) is 33.6 Å². The Balaban J connectivity index is 1.21. The van der Waals surface area contributed by atoms with Gasteiger partial charge >= 0.3 is 17.9 Å². The van der Waals surface area contributed by atoms with Crippen molar-refractivity contribution in [1.29, 1.82) is 0 Å². The molecule has 1 heterocycles. The molecule has 6 nitrogen and oxygen atoms in total. The van der Waals surface area contributed by atoms with Crippen molar-refractivity contribution in [1.82, 2.24) is 0 Å². The first-order valence-corrected chi connectivity index (χ1v) is 23.4. The van der Waals surface area contributed by atoms with Crippen molar-refractivity contribution < 1.29 is 28.6 Å². The molecule has 3 aromatic rings. The average Bonchev–Trinajstić information content (AvgIpc) is 3.25. The highest BCUT2D eigenvalue weighted by Crippen LogP contribution is 2.23. The van der Waals surface area contributed by atoms with Gasteiger partial charge in [-0.15, -0.1) is 0 Å². The summed E-state index contributed by atoms with van der Waals surface area (Å²) < 4.78 is 17.4. The van der Waals surface area contributed by atoms with Crippen LogP contribution in [0.1, 0.15) is 171 Å². The quantitative estimate of drug-likeness (QED) is 0.128. The number of carbonyl (C=O) groups excluding carboxylic acids is 3. The van der Waals surface area contributed by atoms with Crippen LogP contribution in [0.4, 0.5) is 0 Å². The topological polar surface area (TPSA) is 78.9 Å². The van der Waals surface area contributed by atoms with Gasteiger partial charge in [0.05, 0.1) is 0 Å². The highest BCUT2D eigenvalue weighted by Gasteiger charge is 2.11. The minimum atomic E-state index is -0.153. The molecule has 0 aliphatic carbocycles. The van der Waals surface area contributed by atoms with Crippen molar-refractivity contribution in [2.75, 3.05) is 0 Å². The molecule has 0 radical (unpaired) electrons. The van der Waals surface area contributed by atoms with Crippen LogP contribution in [0.2, 0.25) is 0 Å². The van der Waals surface area contributed by atoms with Crippen molar-refractivity contribution >= 4 is 17.9 Å². The smallest absolute Gasteiger partial charge is 0.311 e. The Kier molecular flexibility index (Phi) is 24.9. The molecule has 4 rings (SSSR count). The fourth-order valence-electron chi connectivity index (χ4n) is 7.54. The van der Waals surface area contributed by atoms with Crippen molar-refractivity contribution in [3.63, 3.8) is 0 Å². The first-order chi connectivity index (χ1) is 29.6. The van der Waals surface area contributed by atoms with Gasteiger partial charge in [-0.25, -0.2) is 0 Å². The fraction of sp³-hybridized carbons (Fsp3) is 0.500. The van der Waals surface area contributed by atoms with E-state index in [2.05, 4.69) is 36.5 Å². The van der Waals surface area contributed by atoms with Crippen LogP contribution < -0.4 is 14.2 Å². The highest BCUT2D eigenvalue weighted by atomic mass is 16.5. The zero-order chi connectivity index (χ0) is 42.1. The molecule has 0 saturated heterocycles. The summed E-state index contributed by atoms with van der Waals surface area (Å²) in [6.07, 6.45) is 39.5. The lowest BCUT2D eigenvalue weighted by molar-refractivity contribution is -0.135. The van der Waals surface area contributed by atoms with E-state index in [1.807, 2.05) is 72.8 Å². The Labute approximate surface area is 361 Å². The number of ether oxygens (including phenoxy) is 3. The molecule has 0 N–H and O–H groups in total. The Hall–Kier alpha value is -4.71. The van der Waals surface area contributed by atoms with Crippen LogP contribution in [0.5, 0.6) is 17.2 Å². The summed E-state index contributed by atoms with van der Waals surface area (Å²) in [6.45, 7) is 0. The second-order valence-corrected chi connectivity index (χ2v) is 16.3. The Morgan fingerprint density at radius 1 is 0.283 bits per heavy atom. The standard InChI is InChI=1S/C54H72O6/c55-52-43-25-19-13-7-1-4-10-16-22-34-46-37-28-31-40-49(46)59-53(56)44-26-20-14-8-3-6-12-18-24-36-48-39-30-33-42-51(48)60-54(57)45-27-21-15-9-2-5-11-17-23-35-47-38-29-32-41-50(47)58-52/h16-18,22-24,28-33,37-42H,1-15,19-21,25-27,34-36,43-45H2/b22-16-,23-17+,24-18+. The molecule has 0 unspecified atom stereocenters.